The summed E-state index contributed by atoms with van der Waals surface area (Å²) in [6.45, 7) is 3.94. The Morgan fingerprint density at radius 2 is 2.25 bits per heavy atom. The third kappa shape index (κ3) is 3.75. The average Bonchev–Trinajstić information content (AvgIpc) is 2.28. The summed E-state index contributed by atoms with van der Waals surface area (Å²) in [5.74, 6) is 5.98. The van der Waals surface area contributed by atoms with Crippen LogP contribution in [0.25, 0.3) is 0 Å². The van der Waals surface area contributed by atoms with Gasteiger partial charge in [-0.1, -0.05) is 18.8 Å². The van der Waals surface area contributed by atoms with E-state index in [2.05, 4.69) is 11.8 Å². The second-order valence-electron chi connectivity index (χ2n) is 3.41. The van der Waals surface area contributed by atoms with Crippen LogP contribution in [0.5, 0.6) is 5.75 Å². The predicted octanol–water partition coefficient (Wildman–Crippen LogP) is 3.59. The summed E-state index contributed by atoms with van der Waals surface area (Å²) in [6, 6.07) is 4.32. The molecule has 0 aliphatic rings. The molecule has 3 heteroatoms. The Balaban J connectivity index is 2.98. The van der Waals surface area contributed by atoms with Crippen molar-refractivity contribution in [1.29, 1.82) is 0 Å². The minimum atomic E-state index is -0.324. The molecular formula is C13H14ClFO. The Morgan fingerprint density at radius 1 is 1.50 bits per heavy atom. The smallest absolute Gasteiger partial charge is 0.138 e. The van der Waals surface area contributed by atoms with Crippen LogP contribution in [0.15, 0.2) is 18.2 Å². The molecule has 1 aromatic rings. The van der Waals surface area contributed by atoms with E-state index in [0.717, 1.165) is 6.42 Å². The molecule has 1 aromatic carbocycles. The average molecular weight is 241 g/mol. The van der Waals surface area contributed by atoms with Crippen molar-refractivity contribution in [2.75, 3.05) is 5.88 Å². The summed E-state index contributed by atoms with van der Waals surface area (Å²) in [5.41, 5.74) is 0.669. The molecule has 0 aliphatic heterocycles. The lowest BCUT2D eigenvalue weighted by molar-refractivity contribution is 0.216. The van der Waals surface area contributed by atoms with Crippen LogP contribution in [0, 0.1) is 17.7 Å². The van der Waals surface area contributed by atoms with E-state index in [1.54, 1.807) is 6.07 Å². The van der Waals surface area contributed by atoms with Gasteiger partial charge in [0.25, 0.3) is 0 Å². The molecule has 86 valence electrons. The van der Waals surface area contributed by atoms with Gasteiger partial charge in [0.05, 0.1) is 17.5 Å². The molecule has 0 fully saturated rings. The molecular weight excluding hydrogens is 227 g/mol. The highest BCUT2D eigenvalue weighted by Gasteiger charge is 2.07. The molecule has 1 atom stereocenters. The number of halogens is 2. The third-order valence-electron chi connectivity index (χ3n) is 2.14. The van der Waals surface area contributed by atoms with Crippen LogP contribution in [0.4, 0.5) is 4.39 Å². The maximum Gasteiger partial charge on any atom is 0.138 e. The Kier molecular flexibility index (Phi) is 5.14. The van der Waals surface area contributed by atoms with Crippen LogP contribution in [-0.4, -0.2) is 12.0 Å². The molecule has 0 aliphatic carbocycles. The molecule has 16 heavy (non-hydrogen) atoms. The first kappa shape index (κ1) is 12.9. The standard InChI is InChI=1S/C13H14ClFO/c1-3-10(2)16-13-9-12(15)7-6-11(13)5-4-8-14/h6-7,9-10H,3,8H2,1-2H3. The molecule has 0 bridgehead atoms. The van der Waals surface area contributed by atoms with Gasteiger partial charge in [-0.25, -0.2) is 4.39 Å². The van der Waals surface area contributed by atoms with Crippen molar-refractivity contribution in [3.63, 3.8) is 0 Å². The quantitative estimate of drug-likeness (QED) is 0.580. The lowest BCUT2D eigenvalue weighted by Gasteiger charge is -2.13. The van der Waals surface area contributed by atoms with Crippen molar-refractivity contribution in [1.82, 2.24) is 0 Å². The van der Waals surface area contributed by atoms with E-state index in [1.165, 1.54) is 12.1 Å². The van der Waals surface area contributed by atoms with E-state index in [0.29, 0.717) is 11.3 Å². The number of hydrogen-bond donors (Lipinski definition) is 0. The Hall–Kier alpha value is -1.20. The fraction of sp³-hybridized carbons (Fsp3) is 0.385. The van der Waals surface area contributed by atoms with E-state index >= 15 is 0 Å². The summed E-state index contributed by atoms with van der Waals surface area (Å²) >= 11 is 5.48. The second-order valence-corrected chi connectivity index (χ2v) is 3.68. The Labute approximate surface area is 101 Å². The highest BCUT2D eigenvalue weighted by molar-refractivity contribution is 6.19. The molecule has 0 N–H and O–H groups in total. The van der Waals surface area contributed by atoms with E-state index in [-0.39, 0.29) is 17.8 Å². The van der Waals surface area contributed by atoms with Gasteiger partial charge in [-0.2, -0.15) is 0 Å². The van der Waals surface area contributed by atoms with Gasteiger partial charge in [0.15, 0.2) is 0 Å². The normalized spacial score (nSPS) is 11.5. The molecule has 0 aromatic heterocycles. The lowest BCUT2D eigenvalue weighted by Crippen LogP contribution is -2.10. The second kappa shape index (κ2) is 6.40. The zero-order valence-electron chi connectivity index (χ0n) is 9.39. The topological polar surface area (TPSA) is 9.23 Å². The number of ether oxygens (including phenoxy) is 1. The van der Waals surface area contributed by atoms with Crippen LogP contribution in [-0.2, 0) is 0 Å². The van der Waals surface area contributed by atoms with Crippen LogP contribution in [0.1, 0.15) is 25.8 Å². The highest BCUT2D eigenvalue weighted by Crippen LogP contribution is 2.21. The first-order chi connectivity index (χ1) is 7.67. The SMILES string of the molecule is CCC(C)Oc1cc(F)ccc1C#CCCl. The van der Waals surface area contributed by atoms with Crippen molar-refractivity contribution in [3.05, 3.63) is 29.6 Å². The maximum atomic E-state index is 13.1. The van der Waals surface area contributed by atoms with Crippen molar-refractivity contribution in [2.24, 2.45) is 0 Å². The van der Waals surface area contributed by atoms with Crippen molar-refractivity contribution in [2.45, 2.75) is 26.4 Å². The molecule has 1 nitrogen and oxygen atoms in total. The van der Waals surface area contributed by atoms with Gasteiger partial charge < -0.3 is 4.74 Å². The van der Waals surface area contributed by atoms with E-state index in [1.807, 2.05) is 13.8 Å². The van der Waals surface area contributed by atoms with E-state index in [9.17, 15) is 4.39 Å². The molecule has 0 amide bonds. The molecule has 1 rings (SSSR count). The maximum absolute atomic E-state index is 13.1. The van der Waals surface area contributed by atoms with E-state index in [4.69, 9.17) is 16.3 Å². The fourth-order valence-corrected chi connectivity index (χ4v) is 1.19. The largest absolute Gasteiger partial charge is 0.489 e. The van der Waals surface area contributed by atoms with Crippen molar-refractivity contribution in [3.8, 4) is 17.6 Å². The summed E-state index contributed by atoms with van der Waals surface area (Å²) in [4.78, 5) is 0. The minimum Gasteiger partial charge on any atom is -0.489 e. The van der Waals surface area contributed by atoms with Gasteiger partial charge in [-0.3, -0.25) is 0 Å². The zero-order valence-corrected chi connectivity index (χ0v) is 10.1. The zero-order chi connectivity index (χ0) is 12.0. The summed E-state index contributed by atoms with van der Waals surface area (Å²) < 4.78 is 18.7. The van der Waals surface area contributed by atoms with Crippen LogP contribution >= 0.6 is 11.6 Å². The number of alkyl halides is 1. The van der Waals surface area contributed by atoms with Crippen molar-refractivity contribution >= 4 is 11.6 Å². The summed E-state index contributed by atoms with van der Waals surface area (Å²) in [5, 5.41) is 0. The van der Waals surface area contributed by atoms with Gasteiger partial charge in [-0.15, -0.1) is 11.6 Å². The molecule has 0 spiro atoms. The summed E-state index contributed by atoms with van der Waals surface area (Å²) in [6.07, 6.45) is 0.900. The van der Waals surface area contributed by atoms with Crippen LogP contribution in [0.2, 0.25) is 0 Å². The number of benzene rings is 1. The number of rotatable bonds is 3. The highest BCUT2D eigenvalue weighted by atomic mass is 35.5. The monoisotopic (exact) mass is 240 g/mol. The van der Waals surface area contributed by atoms with Gasteiger partial charge in [0.1, 0.15) is 11.6 Å². The molecule has 0 heterocycles. The lowest BCUT2D eigenvalue weighted by atomic mass is 10.2. The third-order valence-corrected chi connectivity index (χ3v) is 2.27. The van der Waals surface area contributed by atoms with E-state index < -0.39 is 0 Å². The van der Waals surface area contributed by atoms with Crippen LogP contribution in [0.3, 0.4) is 0 Å². The van der Waals surface area contributed by atoms with Gasteiger partial charge in [0, 0.05) is 6.07 Å². The predicted molar refractivity (Wildman–Crippen MR) is 64.4 cm³/mol. The minimum absolute atomic E-state index is 0.0401. The molecule has 0 saturated carbocycles. The van der Waals surface area contributed by atoms with Crippen molar-refractivity contribution < 1.29 is 9.13 Å². The molecule has 0 saturated heterocycles. The van der Waals surface area contributed by atoms with Gasteiger partial charge in [0.2, 0.25) is 0 Å². The number of hydrogen-bond acceptors (Lipinski definition) is 1. The van der Waals surface area contributed by atoms with Gasteiger partial charge >= 0.3 is 0 Å². The first-order valence-electron chi connectivity index (χ1n) is 5.18. The Bertz CT molecular complexity index is 406. The summed E-state index contributed by atoms with van der Waals surface area (Å²) in [7, 11) is 0. The molecule has 0 radical (unpaired) electrons. The fourth-order valence-electron chi connectivity index (χ4n) is 1.13. The molecule has 1 unspecified atom stereocenters. The Morgan fingerprint density at radius 3 is 2.88 bits per heavy atom. The first-order valence-corrected chi connectivity index (χ1v) is 5.71. The van der Waals surface area contributed by atoms with Crippen LogP contribution < -0.4 is 4.74 Å². The van der Waals surface area contributed by atoms with Gasteiger partial charge in [-0.05, 0) is 25.5 Å².